The van der Waals surface area contributed by atoms with Gasteiger partial charge in [-0.05, 0) is 48.9 Å². The molecule has 0 aliphatic rings. The number of carbonyl (C=O) groups is 2. The second-order valence-corrected chi connectivity index (χ2v) is 6.02. The molecule has 1 N–H and O–H groups in total. The van der Waals surface area contributed by atoms with Gasteiger partial charge in [0.05, 0.1) is 23.9 Å². The lowest BCUT2D eigenvalue weighted by molar-refractivity contribution is 0.0499. The SMILES string of the molecule is CCCCOC(=O)c1ccc(NC(=O)c2ccc3nsnc3c2)cc1. The molecule has 128 valence electrons. The minimum atomic E-state index is -0.354. The van der Waals surface area contributed by atoms with E-state index in [2.05, 4.69) is 14.1 Å². The summed E-state index contributed by atoms with van der Waals surface area (Å²) in [6.07, 6.45) is 1.82. The van der Waals surface area contributed by atoms with E-state index in [0.717, 1.165) is 30.1 Å². The predicted molar refractivity (Wildman–Crippen MR) is 97.0 cm³/mol. The quantitative estimate of drug-likeness (QED) is 0.536. The number of hydrogen-bond acceptors (Lipinski definition) is 6. The Balaban J connectivity index is 1.64. The van der Waals surface area contributed by atoms with Crippen LogP contribution in [-0.2, 0) is 4.74 Å². The van der Waals surface area contributed by atoms with E-state index in [1.54, 1.807) is 42.5 Å². The number of nitrogens with zero attached hydrogens (tertiary/aromatic N) is 2. The van der Waals surface area contributed by atoms with Crippen molar-refractivity contribution in [3.8, 4) is 0 Å². The molecule has 0 radical (unpaired) electrons. The van der Waals surface area contributed by atoms with Gasteiger partial charge in [0.15, 0.2) is 0 Å². The number of nitrogens with one attached hydrogen (secondary N) is 1. The molecule has 0 fully saturated rings. The Hall–Kier alpha value is -2.80. The van der Waals surface area contributed by atoms with Crippen molar-refractivity contribution in [1.29, 1.82) is 0 Å². The lowest BCUT2D eigenvalue weighted by atomic mass is 10.1. The zero-order valence-corrected chi connectivity index (χ0v) is 14.5. The Kier molecular flexibility index (Phi) is 5.35. The number of anilines is 1. The summed E-state index contributed by atoms with van der Waals surface area (Å²) in [5.41, 5.74) is 3.04. The lowest BCUT2D eigenvalue weighted by Crippen LogP contribution is -2.12. The van der Waals surface area contributed by atoms with Gasteiger partial charge in [0.2, 0.25) is 0 Å². The Morgan fingerprint density at radius 3 is 2.52 bits per heavy atom. The van der Waals surface area contributed by atoms with Crippen LogP contribution in [0.3, 0.4) is 0 Å². The number of esters is 1. The van der Waals surface area contributed by atoms with E-state index in [4.69, 9.17) is 4.74 Å². The topological polar surface area (TPSA) is 81.2 Å². The summed E-state index contributed by atoms with van der Waals surface area (Å²) in [4.78, 5) is 24.2. The van der Waals surface area contributed by atoms with Crippen molar-refractivity contribution < 1.29 is 14.3 Å². The summed E-state index contributed by atoms with van der Waals surface area (Å²) in [6.45, 7) is 2.45. The lowest BCUT2D eigenvalue weighted by Gasteiger charge is -2.07. The molecule has 0 aliphatic heterocycles. The fraction of sp³-hybridized carbons (Fsp3) is 0.222. The molecule has 0 spiro atoms. The molecule has 3 aromatic rings. The number of aromatic nitrogens is 2. The molecule has 1 amide bonds. The fourth-order valence-electron chi connectivity index (χ4n) is 2.21. The van der Waals surface area contributed by atoms with Crippen molar-refractivity contribution in [1.82, 2.24) is 8.75 Å². The van der Waals surface area contributed by atoms with E-state index in [0.29, 0.717) is 28.9 Å². The van der Waals surface area contributed by atoms with Crippen molar-refractivity contribution in [2.45, 2.75) is 19.8 Å². The molecule has 3 rings (SSSR count). The van der Waals surface area contributed by atoms with Gasteiger partial charge in [-0.15, -0.1) is 0 Å². The molecule has 2 aromatic carbocycles. The molecule has 0 unspecified atom stereocenters. The third-order valence-electron chi connectivity index (χ3n) is 3.63. The molecule has 7 heteroatoms. The third-order valence-corrected chi connectivity index (χ3v) is 4.18. The van der Waals surface area contributed by atoms with Crippen LogP contribution in [0.4, 0.5) is 5.69 Å². The number of hydrogen-bond donors (Lipinski definition) is 1. The second kappa shape index (κ2) is 7.85. The van der Waals surface area contributed by atoms with Gasteiger partial charge < -0.3 is 10.1 Å². The van der Waals surface area contributed by atoms with Gasteiger partial charge in [0.1, 0.15) is 11.0 Å². The molecule has 6 nitrogen and oxygen atoms in total. The van der Waals surface area contributed by atoms with Gasteiger partial charge >= 0.3 is 5.97 Å². The second-order valence-electron chi connectivity index (χ2n) is 5.49. The zero-order valence-electron chi connectivity index (χ0n) is 13.7. The number of carbonyl (C=O) groups excluding carboxylic acids is 2. The maximum absolute atomic E-state index is 12.3. The van der Waals surface area contributed by atoms with E-state index in [1.165, 1.54) is 0 Å². The summed E-state index contributed by atoms with van der Waals surface area (Å²) >= 11 is 1.11. The Morgan fingerprint density at radius 2 is 1.76 bits per heavy atom. The van der Waals surface area contributed by atoms with Crippen LogP contribution in [0.15, 0.2) is 42.5 Å². The molecule has 25 heavy (non-hydrogen) atoms. The van der Waals surface area contributed by atoms with Crippen LogP contribution in [0, 0.1) is 0 Å². The van der Waals surface area contributed by atoms with Crippen molar-refractivity contribution in [3.63, 3.8) is 0 Å². The summed E-state index contributed by atoms with van der Waals surface area (Å²) in [6, 6.07) is 11.8. The van der Waals surface area contributed by atoms with E-state index in [1.807, 2.05) is 6.92 Å². The third kappa shape index (κ3) is 4.19. The van der Waals surface area contributed by atoms with Crippen molar-refractivity contribution in [2.24, 2.45) is 0 Å². The van der Waals surface area contributed by atoms with E-state index >= 15 is 0 Å². The smallest absolute Gasteiger partial charge is 0.338 e. The van der Waals surface area contributed by atoms with Crippen LogP contribution < -0.4 is 5.32 Å². The number of fused-ring (bicyclic) bond motifs is 1. The highest BCUT2D eigenvalue weighted by atomic mass is 32.1. The normalized spacial score (nSPS) is 10.6. The fourth-order valence-corrected chi connectivity index (χ4v) is 2.73. The first kappa shape index (κ1) is 17.0. The van der Waals surface area contributed by atoms with Crippen LogP contribution in [0.25, 0.3) is 11.0 Å². The molecule has 1 aromatic heterocycles. The summed E-state index contributed by atoms with van der Waals surface area (Å²) in [5.74, 6) is -0.596. The average Bonchev–Trinajstić information content (AvgIpc) is 3.10. The number of benzene rings is 2. The van der Waals surface area contributed by atoms with E-state index in [-0.39, 0.29) is 11.9 Å². The zero-order chi connectivity index (χ0) is 17.6. The van der Waals surface area contributed by atoms with Gasteiger partial charge in [-0.25, -0.2) is 4.79 Å². The van der Waals surface area contributed by atoms with Crippen LogP contribution in [0.5, 0.6) is 0 Å². The molecule has 0 aliphatic carbocycles. The van der Waals surface area contributed by atoms with Gasteiger partial charge in [-0.2, -0.15) is 8.75 Å². The highest BCUT2D eigenvalue weighted by Crippen LogP contribution is 2.16. The first-order valence-electron chi connectivity index (χ1n) is 7.98. The van der Waals surface area contributed by atoms with E-state index < -0.39 is 0 Å². The van der Waals surface area contributed by atoms with Gasteiger partial charge in [-0.1, -0.05) is 13.3 Å². The minimum Gasteiger partial charge on any atom is -0.462 e. The average molecular weight is 355 g/mol. The number of unbranched alkanes of at least 4 members (excludes halogenated alkanes) is 1. The molecule has 0 bridgehead atoms. The largest absolute Gasteiger partial charge is 0.462 e. The Bertz CT molecular complexity index is 890. The van der Waals surface area contributed by atoms with Crippen molar-refractivity contribution >= 4 is 40.3 Å². The van der Waals surface area contributed by atoms with Crippen molar-refractivity contribution in [2.75, 3.05) is 11.9 Å². The maximum atomic E-state index is 12.3. The minimum absolute atomic E-state index is 0.242. The molecular formula is C18H17N3O3S. The van der Waals surface area contributed by atoms with Crippen LogP contribution in [-0.4, -0.2) is 27.2 Å². The highest BCUT2D eigenvalue weighted by molar-refractivity contribution is 7.00. The van der Waals surface area contributed by atoms with E-state index in [9.17, 15) is 9.59 Å². The van der Waals surface area contributed by atoms with Gasteiger partial charge in [-0.3, -0.25) is 4.79 Å². The predicted octanol–water partition coefficient (Wildman–Crippen LogP) is 3.90. The first-order valence-corrected chi connectivity index (χ1v) is 8.71. The highest BCUT2D eigenvalue weighted by Gasteiger charge is 2.10. The monoisotopic (exact) mass is 355 g/mol. The van der Waals surface area contributed by atoms with Crippen LogP contribution in [0.1, 0.15) is 40.5 Å². The molecule has 1 heterocycles. The van der Waals surface area contributed by atoms with Crippen LogP contribution in [0.2, 0.25) is 0 Å². The standard InChI is InChI=1S/C18H17N3O3S/c1-2-3-10-24-18(23)12-4-7-14(8-5-12)19-17(22)13-6-9-15-16(11-13)21-25-20-15/h4-9,11H,2-3,10H2,1H3,(H,19,22). The number of ether oxygens (including phenoxy) is 1. The molecular weight excluding hydrogens is 338 g/mol. The van der Waals surface area contributed by atoms with Gasteiger partial charge in [0.25, 0.3) is 5.91 Å². The maximum Gasteiger partial charge on any atom is 0.338 e. The first-order chi connectivity index (χ1) is 12.2. The number of amides is 1. The molecule has 0 saturated heterocycles. The van der Waals surface area contributed by atoms with Crippen LogP contribution >= 0.6 is 11.7 Å². The summed E-state index contributed by atoms with van der Waals surface area (Å²) in [5, 5.41) is 2.80. The Labute approximate surface area is 149 Å². The number of rotatable bonds is 6. The molecule has 0 atom stereocenters. The summed E-state index contributed by atoms with van der Waals surface area (Å²) in [7, 11) is 0. The van der Waals surface area contributed by atoms with Crippen molar-refractivity contribution in [3.05, 3.63) is 53.6 Å². The molecule has 0 saturated carbocycles. The summed E-state index contributed by atoms with van der Waals surface area (Å²) < 4.78 is 13.4. The van der Waals surface area contributed by atoms with Gasteiger partial charge in [0, 0.05) is 11.3 Å². The Morgan fingerprint density at radius 1 is 1.04 bits per heavy atom.